The van der Waals surface area contributed by atoms with Crippen molar-refractivity contribution in [3.05, 3.63) is 12.7 Å². The van der Waals surface area contributed by atoms with Crippen molar-refractivity contribution in [2.45, 2.75) is 13.3 Å². The second kappa shape index (κ2) is 6.75. The molecule has 1 N–H and O–H groups in total. The van der Waals surface area contributed by atoms with E-state index < -0.39 is 0 Å². The highest BCUT2D eigenvalue weighted by molar-refractivity contribution is 4.73. The van der Waals surface area contributed by atoms with Gasteiger partial charge in [0.05, 0.1) is 6.67 Å². The van der Waals surface area contributed by atoms with Gasteiger partial charge < -0.3 is 5.32 Å². The van der Waals surface area contributed by atoms with E-state index in [0.717, 1.165) is 19.5 Å². The van der Waals surface area contributed by atoms with Gasteiger partial charge in [-0.1, -0.05) is 13.0 Å². The first-order chi connectivity index (χ1) is 4.85. The molecule has 10 heavy (non-hydrogen) atoms. The lowest BCUT2D eigenvalue weighted by Gasteiger charge is -2.09. The molecule has 60 valence electrons. The SMILES string of the molecule is C=CCC(CF)CNCC. The molecule has 1 atom stereocenters. The molecule has 0 rings (SSSR count). The average molecular weight is 145 g/mol. The molecule has 1 unspecified atom stereocenters. The molecule has 0 aromatic carbocycles. The minimum atomic E-state index is -0.251. The summed E-state index contributed by atoms with van der Waals surface area (Å²) in [6, 6.07) is 0. The minimum absolute atomic E-state index is 0.123. The summed E-state index contributed by atoms with van der Waals surface area (Å²) < 4.78 is 12.1. The standard InChI is InChI=1S/C8H16FN/c1-3-5-8(6-9)7-10-4-2/h3,8,10H,1,4-7H2,2H3. The van der Waals surface area contributed by atoms with E-state index >= 15 is 0 Å². The van der Waals surface area contributed by atoms with Crippen LogP contribution in [0.4, 0.5) is 4.39 Å². The van der Waals surface area contributed by atoms with Crippen molar-refractivity contribution in [1.29, 1.82) is 0 Å². The third-order valence-corrected chi connectivity index (χ3v) is 1.40. The van der Waals surface area contributed by atoms with Gasteiger partial charge in [-0.15, -0.1) is 6.58 Å². The molecule has 0 saturated heterocycles. The number of hydrogen-bond acceptors (Lipinski definition) is 1. The van der Waals surface area contributed by atoms with E-state index in [9.17, 15) is 4.39 Å². The molecule has 0 aromatic heterocycles. The maximum atomic E-state index is 12.1. The Balaban J connectivity index is 3.29. The Morgan fingerprint density at radius 1 is 1.70 bits per heavy atom. The molecule has 0 saturated carbocycles. The van der Waals surface area contributed by atoms with Crippen LogP contribution in [0.2, 0.25) is 0 Å². The quantitative estimate of drug-likeness (QED) is 0.561. The second-order valence-corrected chi connectivity index (χ2v) is 2.35. The third-order valence-electron chi connectivity index (χ3n) is 1.40. The van der Waals surface area contributed by atoms with Gasteiger partial charge in [-0.2, -0.15) is 0 Å². The summed E-state index contributed by atoms with van der Waals surface area (Å²) in [4.78, 5) is 0. The molecule has 0 aliphatic heterocycles. The average Bonchev–Trinajstić information content (AvgIpc) is 1.98. The molecule has 2 heteroatoms. The molecule has 0 radical (unpaired) electrons. The fourth-order valence-corrected chi connectivity index (χ4v) is 0.785. The highest BCUT2D eigenvalue weighted by Crippen LogP contribution is 2.02. The first-order valence-corrected chi connectivity index (χ1v) is 3.72. The summed E-state index contributed by atoms with van der Waals surface area (Å²) in [7, 11) is 0. The summed E-state index contributed by atoms with van der Waals surface area (Å²) in [5.41, 5.74) is 0. The van der Waals surface area contributed by atoms with Gasteiger partial charge >= 0.3 is 0 Å². The molecule has 0 bridgehead atoms. The normalized spacial score (nSPS) is 13.0. The molecule has 1 nitrogen and oxygen atoms in total. The minimum Gasteiger partial charge on any atom is -0.317 e. The van der Waals surface area contributed by atoms with Gasteiger partial charge in [0, 0.05) is 12.5 Å². The van der Waals surface area contributed by atoms with Crippen molar-refractivity contribution in [3.63, 3.8) is 0 Å². The second-order valence-electron chi connectivity index (χ2n) is 2.35. The highest BCUT2D eigenvalue weighted by atomic mass is 19.1. The molecule has 0 spiro atoms. The van der Waals surface area contributed by atoms with Gasteiger partial charge in [-0.25, -0.2) is 0 Å². The zero-order chi connectivity index (χ0) is 7.82. The van der Waals surface area contributed by atoms with Gasteiger partial charge in [0.25, 0.3) is 0 Å². The first-order valence-electron chi connectivity index (χ1n) is 3.72. The zero-order valence-electron chi connectivity index (χ0n) is 6.57. The number of rotatable bonds is 6. The number of allylic oxidation sites excluding steroid dienone is 1. The van der Waals surface area contributed by atoms with E-state index in [1.165, 1.54) is 0 Å². The lowest BCUT2D eigenvalue weighted by atomic mass is 10.1. The van der Waals surface area contributed by atoms with E-state index in [1.807, 2.05) is 6.92 Å². The van der Waals surface area contributed by atoms with Gasteiger partial charge in [0.1, 0.15) is 0 Å². The molecule has 0 aliphatic rings. The fourth-order valence-electron chi connectivity index (χ4n) is 0.785. The van der Waals surface area contributed by atoms with Crippen LogP contribution in [0.15, 0.2) is 12.7 Å². The summed E-state index contributed by atoms with van der Waals surface area (Å²) in [5.74, 6) is 0.123. The van der Waals surface area contributed by atoms with Crippen LogP contribution in [0.5, 0.6) is 0 Å². The topological polar surface area (TPSA) is 12.0 Å². The summed E-state index contributed by atoms with van der Waals surface area (Å²) in [6.45, 7) is 7.00. The molecular formula is C8H16FN. The highest BCUT2D eigenvalue weighted by Gasteiger charge is 2.03. The van der Waals surface area contributed by atoms with Crippen molar-refractivity contribution < 1.29 is 4.39 Å². The third kappa shape index (κ3) is 4.50. The molecule has 0 aliphatic carbocycles. The molecule has 0 heterocycles. The Morgan fingerprint density at radius 3 is 2.80 bits per heavy atom. The van der Waals surface area contributed by atoms with Crippen molar-refractivity contribution in [3.8, 4) is 0 Å². The van der Waals surface area contributed by atoms with Crippen molar-refractivity contribution >= 4 is 0 Å². The van der Waals surface area contributed by atoms with E-state index in [0.29, 0.717) is 0 Å². The van der Waals surface area contributed by atoms with Gasteiger partial charge in [0.2, 0.25) is 0 Å². The predicted octanol–water partition coefficient (Wildman–Crippen LogP) is 1.76. The van der Waals surface area contributed by atoms with E-state index in [-0.39, 0.29) is 12.6 Å². The summed E-state index contributed by atoms with van der Waals surface area (Å²) in [6.07, 6.45) is 2.53. The molecule has 0 fully saturated rings. The molecular weight excluding hydrogens is 129 g/mol. The summed E-state index contributed by atoms with van der Waals surface area (Å²) >= 11 is 0. The Hall–Kier alpha value is -0.370. The Bertz CT molecular complexity index is 83.3. The number of nitrogens with one attached hydrogen (secondary N) is 1. The van der Waals surface area contributed by atoms with Gasteiger partial charge in [0.15, 0.2) is 0 Å². The fraction of sp³-hybridized carbons (Fsp3) is 0.750. The molecule has 0 amide bonds. The van der Waals surface area contributed by atoms with Crippen molar-refractivity contribution in [2.24, 2.45) is 5.92 Å². The smallest absolute Gasteiger partial charge is 0.0937 e. The van der Waals surface area contributed by atoms with Crippen LogP contribution < -0.4 is 5.32 Å². The van der Waals surface area contributed by atoms with Gasteiger partial charge in [-0.05, 0) is 13.0 Å². The maximum absolute atomic E-state index is 12.1. The van der Waals surface area contributed by atoms with Crippen LogP contribution in [-0.4, -0.2) is 19.8 Å². The Kier molecular flexibility index (Phi) is 6.50. The Labute approximate surface area is 62.3 Å². The number of alkyl halides is 1. The van der Waals surface area contributed by atoms with Crippen LogP contribution in [0.3, 0.4) is 0 Å². The number of hydrogen-bond donors (Lipinski definition) is 1. The molecule has 0 aromatic rings. The Morgan fingerprint density at radius 2 is 2.40 bits per heavy atom. The van der Waals surface area contributed by atoms with E-state index in [4.69, 9.17) is 0 Å². The first kappa shape index (κ1) is 9.63. The van der Waals surface area contributed by atoms with E-state index in [2.05, 4.69) is 11.9 Å². The maximum Gasteiger partial charge on any atom is 0.0937 e. The van der Waals surface area contributed by atoms with Crippen molar-refractivity contribution in [1.82, 2.24) is 5.32 Å². The van der Waals surface area contributed by atoms with Crippen LogP contribution in [-0.2, 0) is 0 Å². The lowest BCUT2D eigenvalue weighted by Crippen LogP contribution is -2.23. The monoisotopic (exact) mass is 145 g/mol. The van der Waals surface area contributed by atoms with Crippen LogP contribution >= 0.6 is 0 Å². The lowest BCUT2D eigenvalue weighted by molar-refractivity contribution is 0.351. The number of halogens is 1. The van der Waals surface area contributed by atoms with Crippen LogP contribution in [0.25, 0.3) is 0 Å². The van der Waals surface area contributed by atoms with Crippen LogP contribution in [0, 0.1) is 5.92 Å². The zero-order valence-corrected chi connectivity index (χ0v) is 6.57. The van der Waals surface area contributed by atoms with Gasteiger partial charge in [-0.3, -0.25) is 4.39 Å². The predicted molar refractivity (Wildman–Crippen MR) is 42.8 cm³/mol. The van der Waals surface area contributed by atoms with Crippen LogP contribution in [0.1, 0.15) is 13.3 Å². The van der Waals surface area contributed by atoms with E-state index in [1.54, 1.807) is 6.08 Å². The van der Waals surface area contributed by atoms with Crippen molar-refractivity contribution in [2.75, 3.05) is 19.8 Å². The largest absolute Gasteiger partial charge is 0.317 e. The summed E-state index contributed by atoms with van der Waals surface area (Å²) in [5, 5.41) is 3.10.